The molecule has 0 aliphatic carbocycles. The van der Waals surface area contributed by atoms with Gasteiger partial charge in [-0.25, -0.2) is 14.4 Å². The number of benzene rings is 2. The molecule has 6 nitrogen and oxygen atoms in total. The van der Waals surface area contributed by atoms with Crippen LogP contribution in [0.25, 0.3) is 22.3 Å². The van der Waals surface area contributed by atoms with E-state index in [0.717, 1.165) is 16.6 Å². The van der Waals surface area contributed by atoms with Crippen molar-refractivity contribution in [2.45, 2.75) is 0 Å². The summed E-state index contributed by atoms with van der Waals surface area (Å²) < 4.78 is 18.8. The predicted molar refractivity (Wildman–Crippen MR) is 93.4 cm³/mol. The van der Waals surface area contributed by atoms with Gasteiger partial charge in [0, 0.05) is 22.8 Å². The number of halogens is 1. The van der Waals surface area contributed by atoms with Gasteiger partial charge in [0.25, 0.3) is 0 Å². The van der Waals surface area contributed by atoms with Crippen molar-refractivity contribution in [2.24, 2.45) is 0 Å². The van der Waals surface area contributed by atoms with Crippen LogP contribution in [0.4, 0.5) is 15.9 Å². The molecule has 2 N–H and O–H groups in total. The average molecular weight is 335 g/mol. The number of methoxy groups -OCH3 is 1. The fourth-order valence-corrected chi connectivity index (χ4v) is 2.54. The third kappa shape index (κ3) is 2.99. The summed E-state index contributed by atoms with van der Waals surface area (Å²) in [5.74, 6) is 0.777. The molecule has 2 aromatic carbocycles. The number of anilines is 2. The topological polar surface area (TPSA) is 75.7 Å². The fraction of sp³-hybridized carbons (Fsp3) is 0.0556. The van der Waals surface area contributed by atoms with Gasteiger partial charge < -0.3 is 10.1 Å². The van der Waals surface area contributed by atoms with Crippen LogP contribution >= 0.6 is 0 Å². The summed E-state index contributed by atoms with van der Waals surface area (Å²) in [6.45, 7) is 0. The number of aromatic amines is 1. The van der Waals surface area contributed by atoms with E-state index in [1.807, 2.05) is 18.2 Å². The molecule has 0 bridgehead atoms. The number of hydrogen-bond acceptors (Lipinski definition) is 5. The molecule has 7 heteroatoms. The summed E-state index contributed by atoms with van der Waals surface area (Å²) in [7, 11) is 1.43. The molecule has 0 amide bonds. The minimum absolute atomic E-state index is 0.187. The lowest BCUT2D eigenvalue weighted by Gasteiger charge is -2.08. The molecule has 0 saturated carbocycles. The Hall–Kier alpha value is -3.48. The molecule has 0 radical (unpaired) electrons. The van der Waals surface area contributed by atoms with E-state index >= 15 is 0 Å². The summed E-state index contributed by atoms with van der Waals surface area (Å²) in [4.78, 5) is 8.67. The summed E-state index contributed by atoms with van der Waals surface area (Å²) >= 11 is 0. The molecule has 4 rings (SSSR count). The number of fused-ring (bicyclic) bond motifs is 1. The van der Waals surface area contributed by atoms with Gasteiger partial charge in [0.1, 0.15) is 5.82 Å². The van der Waals surface area contributed by atoms with Crippen molar-refractivity contribution in [2.75, 3.05) is 12.4 Å². The summed E-state index contributed by atoms with van der Waals surface area (Å²) in [6.07, 6.45) is 3.38. The quantitative estimate of drug-likeness (QED) is 0.591. The largest absolute Gasteiger partial charge is 0.494 e. The Morgan fingerprint density at radius 2 is 2.04 bits per heavy atom. The normalized spacial score (nSPS) is 10.8. The molecule has 25 heavy (non-hydrogen) atoms. The van der Waals surface area contributed by atoms with Crippen molar-refractivity contribution in [3.05, 3.63) is 60.7 Å². The zero-order valence-electron chi connectivity index (χ0n) is 13.3. The second kappa shape index (κ2) is 6.20. The van der Waals surface area contributed by atoms with Crippen LogP contribution in [-0.2, 0) is 0 Å². The molecule has 0 aliphatic rings. The number of nitrogens with zero attached hydrogens (tertiary/aromatic N) is 3. The number of hydrogen-bond donors (Lipinski definition) is 2. The van der Waals surface area contributed by atoms with Crippen LogP contribution in [0, 0.1) is 5.82 Å². The van der Waals surface area contributed by atoms with Crippen LogP contribution in [-0.4, -0.2) is 27.3 Å². The van der Waals surface area contributed by atoms with Gasteiger partial charge >= 0.3 is 0 Å². The molecule has 124 valence electrons. The van der Waals surface area contributed by atoms with Gasteiger partial charge in [-0.2, -0.15) is 5.10 Å². The monoisotopic (exact) mass is 335 g/mol. The van der Waals surface area contributed by atoms with Crippen LogP contribution in [0.3, 0.4) is 0 Å². The molecule has 0 spiro atoms. The Bertz CT molecular complexity index is 1050. The Morgan fingerprint density at radius 3 is 2.88 bits per heavy atom. The van der Waals surface area contributed by atoms with Crippen molar-refractivity contribution < 1.29 is 9.13 Å². The van der Waals surface area contributed by atoms with Crippen LogP contribution in [0.2, 0.25) is 0 Å². The first-order chi connectivity index (χ1) is 12.2. The first-order valence-electron chi connectivity index (χ1n) is 7.60. The maximum atomic E-state index is 13.9. The van der Waals surface area contributed by atoms with Gasteiger partial charge in [-0.05, 0) is 42.5 Å². The van der Waals surface area contributed by atoms with Crippen LogP contribution < -0.4 is 10.1 Å². The maximum Gasteiger partial charge on any atom is 0.165 e. The minimum atomic E-state index is -0.452. The molecule has 0 saturated heterocycles. The Morgan fingerprint density at radius 1 is 1.12 bits per heavy atom. The van der Waals surface area contributed by atoms with Crippen LogP contribution in [0.5, 0.6) is 5.75 Å². The molecule has 0 aliphatic heterocycles. The van der Waals surface area contributed by atoms with Crippen LogP contribution in [0.1, 0.15) is 0 Å². The Balaban J connectivity index is 1.63. The fourth-order valence-electron chi connectivity index (χ4n) is 2.54. The molecule has 0 atom stereocenters. The molecular weight excluding hydrogens is 321 g/mol. The van der Waals surface area contributed by atoms with E-state index in [0.29, 0.717) is 17.2 Å². The van der Waals surface area contributed by atoms with Gasteiger partial charge in [-0.1, -0.05) is 0 Å². The molecule has 2 aromatic heterocycles. The molecule has 0 fully saturated rings. The Labute approximate surface area is 142 Å². The number of H-pyrrole nitrogens is 1. The van der Waals surface area contributed by atoms with Crippen LogP contribution in [0.15, 0.2) is 54.9 Å². The van der Waals surface area contributed by atoms with Crippen molar-refractivity contribution >= 4 is 22.4 Å². The second-order valence-electron chi connectivity index (χ2n) is 5.41. The SMILES string of the molecule is COc1ccc(-c2nccc(Nc3ccc4[nH]ncc4c3)n2)cc1F. The summed E-state index contributed by atoms with van der Waals surface area (Å²) in [6, 6.07) is 12.2. The van der Waals surface area contributed by atoms with Crippen molar-refractivity contribution in [3.8, 4) is 17.1 Å². The van der Waals surface area contributed by atoms with Crippen molar-refractivity contribution in [1.82, 2.24) is 20.2 Å². The highest BCUT2D eigenvalue weighted by atomic mass is 19.1. The molecule has 4 aromatic rings. The number of aromatic nitrogens is 4. The smallest absolute Gasteiger partial charge is 0.165 e. The predicted octanol–water partition coefficient (Wildman–Crippen LogP) is 3.91. The zero-order valence-corrected chi connectivity index (χ0v) is 13.3. The molecule has 0 unspecified atom stereocenters. The average Bonchev–Trinajstić information content (AvgIpc) is 3.09. The van der Waals surface area contributed by atoms with E-state index in [1.165, 1.54) is 13.2 Å². The van der Waals surface area contributed by atoms with E-state index in [4.69, 9.17) is 4.74 Å². The van der Waals surface area contributed by atoms with Crippen molar-refractivity contribution in [3.63, 3.8) is 0 Å². The maximum absolute atomic E-state index is 13.9. The highest BCUT2D eigenvalue weighted by Crippen LogP contribution is 2.25. The lowest BCUT2D eigenvalue weighted by molar-refractivity contribution is 0.386. The molecular formula is C18H14FN5O. The van der Waals surface area contributed by atoms with E-state index in [-0.39, 0.29) is 5.75 Å². The van der Waals surface area contributed by atoms with E-state index in [2.05, 4.69) is 25.5 Å². The number of nitrogens with one attached hydrogen (secondary N) is 2. The molecule has 2 heterocycles. The minimum Gasteiger partial charge on any atom is -0.494 e. The second-order valence-corrected chi connectivity index (χ2v) is 5.41. The van der Waals surface area contributed by atoms with Gasteiger partial charge in [0.05, 0.1) is 18.8 Å². The standard InChI is InChI=1S/C18H14FN5O/c1-25-16-5-2-11(9-14(16)19)18-20-7-6-17(23-18)22-13-3-4-15-12(8-13)10-21-24-15/h2-10H,1H3,(H,21,24)(H,20,22,23). The Kier molecular flexibility index (Phi) is 3.74. The van der Waals surface area contributed by atoms with Gasteiger partial charge in [0.15, 0.2) is 17.4 Å². The zero-order chi connectivity index (χ0) is 17.2. The van der Waals surface area contributed by atoms with E-state index in [9.17, 15) is 4.39 Å². The summed E-state index contributed by atoms with van der Waals surface area (Å²) in [5.41, 5.74) is 2.41. The first-order valence-corrected chi connectivity index (χ1v) is 7.60. The van der Waals surface area contributed by atoms with Gasteiger partial charge in [-0.3, -0.25) is 5.10 Å². The van der Waals surface area contributed by atoms with Crippen molar-refractivity contribution in [1.29, 1.82) is 0 Å². The third-order valence-corrected chi connectivity index (χ3v) is 3.78. The highest BCUT2D eigenvalue weighted by molar-refractivity contribution is 5.82. The number of rotatable bonds is 4. The lowest BCUT2D eigenvalue weighted by Crippen LogP contribution is -1.97. The van der Waals surface area contributed by atoms with Gasteiger partial charge in [0.2, 0.25) is 0 Å². The van der Waals surface area contributed by atoms with E-state index < -0.39 is 5.82 Å². The summed E-state index contributed by atoms with van der Waals surface area (Å²) in [5, 5.41) is 11.1. The van der Waals surface area contributed by atoms with Gasteiger partial charge in [-0.15, -0.1) is 0 Å². The third-order valence-electron chi connectivity index (χ3n) is 3.78. The first kappa shape index (κ1) is 15.1. The highest BCUT2D eigenvalue weighted by Gasteiger charge is 2.08. The van der Waals surface area contributed by atoms with E-state index in [1.54, 1.807) is 30.6 Å². The number of ether oxygens (including phenoxy) is 1. The lowest BCUT2D eigenvalue weighted by atomic mass is 10.2.